The van der Waals surface area contributed by atoms with E-state index in [-0.39, 0.29) is 16.5 Å². The summed E-state index contributed by atoms with van der Waals surface area (Å²) in [4.78, 5) is 0. The highest BCUT2D eigenvalue weighted by molar-refractivity contribution is 6.32. The molecule has 0 aromatic heterocycles. The number of hydrogen-bond acceptors (Lipinski definition) is 2. The molecular weight excluding hydrogens is 274 g/mol. The molecule has 100 valence electrons. The molecule has 5 heteroatoms. The maximum Gasteiger partial charge on any atom is 0.146 e. The summed E-state index contributed by atoms with van der Waals surface area (Å²) in [5, 5.41) is 9.68. The topological polar surface area (TPSA) is 29.5 Å². The van der Waals surface area contributed by atoms with E-state index in [2.05, 4.69) is 0 Å². The monoisotopic (exact) mass is 284 g/mol. The third-order valence-corrected chi connectivity index (χ3v) is 2.83. The molecule has 2 aromatic carbocycles. The molecule has 0 spiro atoms. The second kappa shape index (κ2) is 5.55. The largest absolute Gasteiger partial charge is 0.455 e. The zero-order valence-corrected chi connectivity index (χ0v) is 10.8. The van der Waals surface area contributed by atoms with Crippen molar-refractivity contribution >= 4 is 11.6 Å². The first-order valence-corrected chi connectivity index (χ1v) is 5.95. The molecule has 0 fully saturated rings. The molecule has 0 aliphatic carbocycles. The van der Waals surface area contributed by atoms with E-state index in [1.807, 2.05) is 0 Å². The van der Waals surface area contributed by atoms with Gasteiger partial charge in [0.25, 0.3) is 0 Å². The van der Waals surface area contributed by atoms with Crippen molar-refractivity contribution < 1.29 is 18.6 Å². The van der Waals surface area contributed by atoms with Gasteiger partial charge in [-0.05, 0) is 43.3 Å². The van der Waals surface area contributed by atoms with E-state index in [1.54, 1.807) is 0 Å². The molecule has 0 aliphatic heterocycles. The van der Waals surface area contributed by atoms with Gasteiger partial charge in [0.2, 0.25) is 0 Å². The van der Waals surface area contributed by atoms with Crippen LogP contribution in [0.5, 0.6) is 11.5 Å². The molecule has 0 bridgehead atoms. The minimum Gasteiger partial charge on any atom is -0.455 e. The van der Waals surface area contributed by atoms with Gasteiger partial charge in [0.15, 0.2) is 0 Å². The summed E-state index contributed by atoms with van der Waals surface area (Å²) in [6, 6.07) is 7.45. The van der Waals surface area contributed by atoms with Gasteiger partial charge in [0, 0.05) is 5.56 Å². The van der Waals surface area contributed by atoms with Crippen molar-refractivity contribution in [3.63, 3.8) is 0 Å². The van der Waals surface area contributed by atoms with Gasteiger partial charge in [-0.2, -0.15) is 0 Å². The predicted molar refractivity (Wildman–Crippen MR) is 68.5 cm³/mol. The standard InChI is InChI=1S/C14H11ClF2O2/c1-8(18)11-6-9(16)2-4-13(11)19-14-5-3-10(17)7-12(14)15/h2-8,18H,1H3/t8-/m0/s1. The van der Waals surface area contributed by atoms with Gasteiger partial charge in [0.05, 0.1) is 11.1 Å². The van der Waals surface area contributed by atoms with Gasteiger partial charge in [0.1, 0.15) is 23.1 Å². The van der Waals surface area contributed by atoms with Crippen molar-refractivity contribution in [1.29, 1.82) is 0 Å². The SMILES string of the molecule is C[C@H](O)c1cc(F)ccc1Oc1ccc(F)cc1Cl. The minimum atomic E-state index is -0.898. The van der Waals surface area contributed by atoms with E-state index in [9.17, 15) is 13.9 Å². The molecule has 0 saturated heterocycles. The number of halogens is 3. The highest BCUT2D eigenvalue weighted by Gasteiger charge is 2.13. The second-order valence-electron chi connectivity index (χ2n) is 4.03. The van der Waals surface area contributed by atoms with Crippen LogP contribution in [0.4, 0.5) is 8.78 Å². The fraction of sp³-hybridized carbons (Fsp3) is 0.143. The van der Waals surface area contributed by atoms with E-state index in [0.717, 1.165) is 6.07 Å². The van der Waals surface area contributed by atoms with E-state index >= 15 is 0 Å². The molecule has 0 aliphatic rings. The highest BCUT2D eigenvalue weighted by atomic mass is 35.5. The van der Waals surface area contributed by atoms with Crippen LogP contribution >= 0.6 is 11.6 Å². The van der Waals surface area contributed by atoms with Crippen molar-refractivity contribution in [3.8, 4) is 11.5 Å². The Morgan fingerprint density at radius 1 is 1.05 bits per heavy atom. The molecule has 19 heavy (non-hydrogen) atoms. The molecular formula is C14H11ClF2O2. The summed E-state index contributed by atoms with van der Waals surface area (Å²) < 4.78 is 31.5. The summed E-state index contributed by atoms with van der Waals surface area (Å²) in [5.41, 5.74) is 0.292. The summed E-state index contributed by atoms with van der Waals surface area (Å²) in [6.45, 7) is 1.49. The number of hydrogen-bond donors (Lipinski definition) is 1. The van der Waals surface area contributed by atoms with Gasteiger partial charge in [-0.1, -0.05) is 11.6 Å². The number of aliphatic hydroxyl groups excluding tert-OH is 1. The zero-order valence-electron chi connectivity index (χ0n) is 10.0. The van der Waals surface area contributed by atoms with Crippen molar-refractivity contribution in [1.82, 2.24) is 0 Å². The number of rotatable bonds is 3. The Bertz CT molecular complexity index is 600. The Labute approximate surface area is 114 Å². The highest BCUT2D eigenvalue weighted by Crippen LogP contribution is 2.34. The van der Waals surface area contributed by atoms with Crippen LogP contribution in [0.3, 0.4) is 0 Å². The summed E-state index contributed by atoms with van der Waals surface area (Å²) >= 11 is 5.84. The third-order valence-electron chi connectivity index (χ3n) is 2.54. The molecule has 1 N–H and O–H groups in total. The van der Waals surface area contributed by atoms with Crippen molar-refractivity contribution in [2.75, 3.05) is 0 Å². The van der Waals surface area contributed by atoms with E-state index < -0.39 is 17.7 Å². The lowest BCUT2D eigenvalue weighted by atomic mass is 10.1. The minimum absolute atomic E-state index is 0.0980. The van der Waals surface area contributed by atoms with Gasteiger partial charge in [-0.15, -0.1) is 0 Å². The van der Waals surface area contributed by atoms with Crippen LogP contribution in [0, 0.1) is 11.6 Å². The quantitative estimate of drug-likeness (QED) is 0.901. The van der Waals surface area contributed by atoms with Crippen LogP contribution < -0.4 is 4.74 Å². The zero-order chi connectivity index (χ0) is 14.0. The Morgan fingerprint density at radius 2 is 1.63 bits per heavy atom. The molecule has 2 rings (SSSR count). The Balaban J connectivity index is 2.38. The lowest BCUT2D eigenvalue weighted by Crippen LogP contribution is -1.97. The third kappa shape index (κ3) is 3.22. The van der Waals surface area contributed by atoms with Crippen molar-refractivity contribution in [2.24, 2.45) is 0 Å². The van der Waals surface area contributed by atoms with Gasteiger partial charge < -0.3 is 9.84 Å². The van der Waals surface area contributed by atoms with Crippen molar-refractivity contribution in [2.45, 2.75) is 13.0 Å². The molecule has 0 radical (unpaired) electrons. The van der Waals surface area contributed by atoms with Gasteiger partial charge in [-0.25, -0.2) is 8.78 Å². The van der Waals surface area contributed by atoms with Gasteiger partial charge >= 0.3 is 0 Å². The first-order chi connectivity index (χ1) is 8.97. The lowest BCUT2D eigenvalue weighted by Gasteiger charge is -2.14. The smallest absolute Gasteiger partial charge is 0.146 e. The van der Waals surface area contributed by atoms with Gasteiger partial charge in [-0.3, -0.25) is 0 Å². The number of aliphatic hydroxyl groups is 1. The number of benzene rings is 2. The Kier molecular flexibility index (Phi) is 4.02. The first kappa shape index (κ1) is 13.8. The molecule has 2 aromatic rings. The fourth-order valence-corrected chi connectivity index (χ4v) is 1.82. The van der Waals surface area contributed by atoms with Crippen LogP contribution in [0.2, 0.25) is 5.02 Å². The van der Waals surface area contributed by atoms with E-state index in [0.29, 0.717) is 5.56 Å². The van der Waals surface area contributed by atoms with Crippen LogP contribution in [-0.4, -0.2) is 5.11 Å². The molecule has 0 heterocycles. The maximum atomic E-state index is 13.1. The molecule has 0 amide bonds. The first-order valence-electron chi connectivity index (χ1n) is 5.58. The Hall–Kier alpha value is -1.65. The number of ether oxygens (including phenoxy) is 1. The normalized spacial score (nSPS) is 12.3. The summed E-state index contributed by atoms with van der Waals surface area (Å²) in [6.07, 6.45) is -0.898. The van der Waals surface area contributed by atoms with E-state index in [1.165, 1.54) is 37.3 Å². The molecule has 0 unspecified atom stereocenters. The second-order valence-corrected chi connectivity index (χ2v) is 4.44. The summed E-state index contributed by atoms with van der Waals surface area (Å²) in [5.74, 6) is -0.456. The fourth-order valence-electron chi connectivity index (χ4n) is 1.62. The molecule has 0 saturated carbocycles. The maximum absolute atomic E-state index is 13.1. The summed E-state index contributed by atoms with van der Waals surface area (Å²) in [7, 11) is 0. The van der Waals surface area contributed by atoms with E-state index in [4.69, 9.17) is 16.3 Å². The average molecular weight is 285 g/mol. The van der Waals surface area contributed by atoms with Crippen LogP contribution in [0.1, 0.15) is 18.6 Å². The van der Waals surface area contributed by atoms with Crippen LogP contribution in [-0.2, 0) is 0 Å². The predicted octanol–water partition coefficient (Wildman–Crippen LogP) is 4.46. The van der Waals surface area contributed by atoms with Crippen LogP contribution in [0.15, 0.2) is 36.4 Å². The molecule has 1 atom stereocenters. The molecule has 2 nitrogen and oxygen atoms in total. The van der Waals surface area contributed by atoms with Crippen molar-refractivity contribution in [3.05, 3.63) is 58.6 Å². The Morgan fingerprint density at radius 3 is 2.21 bits per heavy atom. The lowest BCUT2D eigenvalue weighted by molar-refractivity contribution is 0.195. The van der Waals surface area contributed by atoms with Crippen LogP contribution in [0.25, 0.3) is 0 Å². The average Bonchev–Trinajstić information content (AvgIpc) is 2.34.